The largest absolute Gasteiger partial charge is 0.416 e. The molecule has 0 aliphatic carbocycles. The van der Waals surface area contributed by atoms with Crippen LogP contribution < -0.4 is 4.90 Å². The van der Waals surface area contributed by atoms with Crippen molar-refractivity contribution in [2.75, 3.05) is 38.1 Å². The molecule has 0 radical (unpaired) electrons. The fraction of sp³-hybridized carbons (Fsp3) is 0.417. The van der Waals surface area contributed by atoms with E-state index in [2.05, 4.69) is 4.90 Å². The number of nitrogens with zero attached hydrogens (tertiary/aromatic N) is 3. The van der Waals surface area contributed by atoms with Crippen molar-refractivity contribution in [3.63, 3.8) is 0 Å². The summed E-state index contributed by atoms with van der Waals surface area (Å²) in [5.41, 5.74) is 2.36. The van der Waals surface area contributed by atoms with Crippen LogP contribution in [0.4, 0.5) is 18.9 Å². The maximum atomic E-state index is 13.3. The molecule has 0 N–H and O–H groups in total. The van der Waals surface area contributed by atoms with E-state index in [1.54, 1.807) is 11.0 Å². The fourth-order valence-electron chi connectivity index (χ4n) is 4.39. The molecule has 1 unspecified atom stereocenters. The third-order valence-electron chi connectivity index (χ3n) is 6.46. The summed E-state index contributed by atoms with van der Waals surface area (Å²) < 4.78 is 40.0. The van der Waals surface area contributed by atoms with Crippen LogP contribution in [0.1, 0.15) is 45.1 Å². The highest BCUT2D eigenvalue weighted by molar-refractivity contribution is 6.11. The van der Waals surface area contributed by atoms with Gasteiger partial charge in [-0.15, -0.1) is 12.4 Å². The van der Waals surface area contributed by atoms with Crippen molar-refractivity contribution in [2.45, 2.75) is 32.5 Å². The van der Waals surface area contributed by atoms with E-state index in [0.29, 0.717) is 24.2 Å². The third-order valence-corrected chi connectivity index (χ3v) is 6.46. The SMILES string of the molecule is Cc1cc2c(cc1C)C(CC(=O)N1CCN(C)CC1)N(c1cccc(C(F)(F)F)c1)C2=O.Cl. The lowest BCUT2D eigenvalue weighted by molar-refractivity contribution is -0.137. The van der Waals surface area contributed by atoms with Crippen molar-refractivity contribution in [1.29, 1.82) is 0 Å². The van der Waals surface area contributed by atoms with Gasteiger partial charge in [0.1, 0.15) is 0 Å². The number of piperazine rings is 1. The second-order valence-corrected chi connectivity index (χ2v) is 8.65. The molecule has 2 aromatic rings. The van der Waals surface area contributed by atoms with Gasteiger partial charge < -0.3 is 14.7 Å². The van der Waals surface area contributed by atoms with Crippen LogP contribution >= 0.6 is 12.4 Å². The predicted molar refractivity (Wildman–Crippen MR) is 123 cm³/mol. The molecule has 1 atom stereocenters. The van der Waals surface area contributed by atoms with E-state index < -0.39 is 17.8 Å². The zero-order valence-electron chi connectivity index (χ0n) is 18.8. The first kappa shape index (κ1) is 25.1. The smallest absolute Gasteiger partial charge is 0.340 e. The molecule has 2 heterocycles. The molecule has 178 valence electrons. The number of carbonyl (C=O) groups is 2. The van der Waals surface area contributed by atoms with E-state index in [9.17, 15) is 22.8 Å². The Morgan fingerprint density at radius 3 is 2.30 bits per heavy atom. The molecule has 1 saturated heterocycles. The van der Waals surface area contributed by atoms with E-state index in [4.69, 9.17) is 0 Å². The monoisotopic (exact) mass is 481 g/mol. The van der Waals surface area contributed by atoms with Gasteiger partial charge in [0.05, 0.1) is 18.0 Å². The highest BCUT2D eigenvalue weighted by Gasteiger charge is 2.41. The number of hydrogen-bond acceptors (Lipinski definition) is 3. The maximum absolute atomic E-state index is 13.3. The van der Waals surface area contributed by atoms with E-state index >= 15 is 0 Å². The molecule has 5 nitrogen and oxygen atoms in total. The highest BCUT2D eigenvalue weighted by atomic mass is 35.5. The topological polar surface area (TPSA) is 43.9 Å². The summed E-state index contributed by atoms with van der Waals surface area (Å²) in [6.45, 7) is 6.54. The van der Waals surface area contributed by atoms with Gasteiger partial charge in [0, 0.05) is 37.4 Å². The highest BCUT2D eigenvalue weighted by Crippen LogP contribution is 2.42. The summed E-state index contributed by atoms with van der Waals surface area (Å²) >= 11 is 0. The molecule has 2 aliphatic rings. The van der Waals surface area contributed by atoms with Crippen LogP contribution in [-0.4, -0.2) is 54.8 Å². The first-order valence-electron chi connectivity index (χ1n) is 10.6. The summed E-state index contributed by atoms with van der Waals surface area (Å²) in [5.74, 6) is -0.474. The zero-order valence-corrected chi connectivity index (χ0v) is 19.6. The van der Waals surface area contributed by atoms with Crippen LogP contribution in [0, 0.1) is 13.8 Å². The van der Waals surface area contributed by atoms with Gasteiger partial charge >= 0.3 is 6.18 Å². The Balaban J connectivity index is 0.00000306. The Kier molecular flexibility index (Phi) is 7.10. The molecule has 0 spiro atoms. The lowest BCUT2D eigenvalue weighted by atomic mass is 9.96. The molecular weight excluding hydrogens is 455 g/mol. The number of alkyl halides is 3. The Hall–Kier alpha value is -2.58. The average Bonchev–Trinajstić information content (AvgIpc) is 2.99. The van der Waals surface area contributed by atoms with Crippen molar-refractivity contribution in [1.82, 2.24) is 9.80 Å². The number of benzene rings is 2. The summed E-state index contributed by atoms with van der Waals surface area (Å²) in [7, 11) is 1.99. The van der Waals surface area contributed by atoms with Crippen LogP contribution in [0.2, 0.25) is 0 Å². The van der Waals surface area contributed by atoms with E-state index in [0.717, 1.165) is 36.3 Å². The fourth-order valence-corrected chi connectivity index (χ4v) is 4.39. The van der Waals surface area contributed by atoms with Crippen molar-refractivity contribution in [3.8, 4) is 0 Å². The molecule has 33 heavy (non-hydrogen) atoms. The molecule has 2 aromatic carbocycles. The second-order valence-electron chi connectivity index (χ2n) is 8.65. The second kappa shape index (κ2) is 9.35. The summed E-state index contributed by atoms with van der Waals surface area (Å²) in [6, 6.07) is 7.77. The van der Waals surface area contributed by atoms with Gasteiger partial charge in [-0.05, 0) is 61.9 Å². The van der Waals surface area contributed by atoms with Crippen LogP contribution in [0.3, 0.4) is 0 Å². The molecule has 4 rings (SSSR count). The first-order chi connectivity index (χ1) is 15.1. The lowest BCUT2D eigenvalue weighted by Crippen LogP contribution is -2.47. The van der Waals surface area contributed by atoms with E-state index in [1.165, 1.54) is 17.0 Å². The van der Waals surface area contributed by atoms with Crippen LogP contribution in [0.25, 0.3) is 0 Å². The summed E-state index contributed by atoms with van der Waals surface area (Å²) in [6.07, 6.45) is -4.49. The lowest BCUT2D eigenvalue weighted by Gasteiger charge is -2.34. The normalized spacial score (nSPS) is 18.8. The van der Waals surface area contributed by atoms with Gasteiger partial charge in [-0.1, -0.05) is 12.1 Å². The molecule has 0 bridgehead atoms. The van der Waals surface area contributed by atoms with Crippen LogP contribution in [0.5, 0.6) is 0 Å². The summed E-state index contributed by atoms with van der Waals surface area (Å²) in [5, 5.41) is 0. The van der Waals surface area contributed by atoms with Gasteiger partial charge in [-0.2, -0.15) is 13.2 Å². The Bertz CT molecular complexity index is 1070. The standard InChI is InChI=1S/C24H26F3N3O2.ClH/c1-15-11-19-20(12-16(15)2)23(32)30(18-6-4-5-17(13-18)24(25,26)27)21(19)14-22(31)29-9-7-28(3)8-10-29;/h4-6,11-13,21H,7-10,14H2,1-3H3;1H. The van der Waals surface area contributed by atoms with Gasteiger partial charge in [0.25, 0.3) is 5.91 Å². The van der Waals surface area contributed by atoms with Gasteiger partial charge in [0.15, 0.2) is 0 Å². The van der Waals surface area contributed by atoms with Crippen molar-refractivity contribution in [3.05, 3.63) is 64.2 Å². The molecular formula is C24H27ClF3N3O2. The number of likely N-dealkylation sites (N-methyl/N-ethyl adjacent to an activating group) is 1. The van der Waals surface area contributed by atoms with E-state index in [1.807, 2.05) is 27.0 Å². The number of fused-ring (bicyclic) bond motifs is 1. The number of amides is 2. The minimum absolute atomic E-state index is 0. The minimum Gasteiger partial charge on any atom is -0.340 e. The molecule has 2 aliphatic heterocycles. The quantitative estimate of drug-likeness (QED) is 0.643. The molecule has 2 amide bonds. The van der Waals surface area contributed by atoms with Gasteiger partial charge in [-0.25, -0.2) is 0 Å². The Morgan fingerprint density at radius 1 is 1.03 bits per heavy atom. The van der Waals surface area contributed by atoms with Gasteiger partial charge in [-0.3, -0.25) is 9.59 Å². The maximum Gasteiger partial charge on any atom is 0.416 e. The van der Waals surface area contributed by atoms with E-state index in [-0.39, 0.29) is 36.3 Å². The zero-order chi connectivity index (χ0) is 23.2. The first-order valence-corrected chi connectivity index (χ1v) is 10.6. The molecule has 0 saturated carbocycles. The molecule has 9 heteroatoms. The number of anilines is 1. The van der Waals surface area contributed by atoms with Crippen molar-refractivity contribution in [2.24, 2.45) is 0 Å². The van der Waals surface area contributed by atoms with Crippen molar-refractivity contribution >= 4 is 29.9 Å². The number of rotatable bonds is 3. The Morgan fingerprint density at radius 2 is 1.67 bits per heavy atom. The molecule has 1 fully saturated rings. The van der Waals surface area contributed by atoms with Crippen LogP contribution in [0.15, 0.2) is 36.4 Å². The Labute approximate surface area is 197 Å². The summed E-state index contributed by atoms with van der Waals surface area (Å²) in [4.78, 5) is 31.7. The third kappa shape index (κ3) is 4.87. The number of carbonyl (C=O) groups excluding carboxylic acids is 2. The number of hydrogen-bond donors (Lipinski definition) is 0. The minimum atomic E-state index is -4.52. The van der Waals surface area contributed by atoms with Crippen LogP contribution in [-0.2, 0) is 11.0 Å². The van der Waals surface area contributed by atoms with Crippen molar-refractivity contribution < 1.29 is 22.8 Å². The molecule has 0 aromatic heterocycles. The predicted octanol–water partition coefficient (Wildman–Crippen LogP) is 4.61. The number of aryl methyl sites for hydroxylation is 2. The van der Waals surface area contributed by atoms with Gasteiger partial charge in [0.2, 0.25) is 5.91 Å². The number of halogens is 4. The average molecular weight is 482 g/mol.